The van der Waals surface area contributed by atoms with E-state index in [1.165, 1.54) is 57.9 Å². The molecular formula is C14H29N. The van der Waals surface area contributed by atoms with E-state index in [0.29, 0.717) is 5.54 Å². The average molecular weight is 211 g/mol. The van der Waals surface area contributed by atoms with E-state index in [4.69, 9.17) is 0 Å². The van der Waals surface area contributed by atoms with Gasteiger partial charge in [0.05, 0.1) is 0 Å². The highest BCUT2D eigenvalue weighted by Gasteiger charge is 2.27. The standard InChI is InChI=1S/C14H29N/c1-4-14(11-8-9-13(2)3)10-6-5-7-12-15-14/h13,15H,4-12H2,1-3H3. The second-order valence-corrected chi connectivity index (χ2v) is 5.66. The molecule has 90 valence electrons. The summed E-state index contributed by atoms with van der Waals surface area (Å²) in [5.74, 6) is 0.865. The Labute approximate surface area is 96.0 Å². The first kappa shape index (κ1) is 13.0. The summed E-state index contributed by atoms with van der Waals surface area (Å²) >= 11 is 0. The van der Waals surface area contributed by atoms with Gasteiger partial charge in [-0.05, 0) is 38.1 Å². The van der Waals surface area contributed by atoms with Gasteiger partial charge in [0.25, 0.3) is 0 Å². The van der Waals surface area contributed by atoms with E-state index in [0.717, 1.165) is 5.92 Å². The predicted octanol–water partition coefficient (Wildman–Crippen LogP) is 4.13. The Kier molecular flexibility index (Phi) is 5.66. The number of hydrogen-bond acceptors (Lipinski definition) is 1. The molecule has 0 bridgehead atoms. The van der Waals surface area contributed by atoms with Crippen LogP contribution in [0.1, 0.15) is 72.1 Å². The van der Waals surface area contributed by atoms with Crippen molar-refractivity contribution in [3.63, 3.8) is 0 Å². The van der Waals surface area contributed by atoms with Crippen molar-refractivity contribution < 1.29 is 0 Å². The van der Waals surface area contributed by atoms with Gasteiger partial charge in [-0.2, -0.15) is 0 Å². The molecule has 1 fully saturated rings. The lowest BCUT2D eigenvalue weighted by Gasteiger charge is -2.33. The first-order valence-electron chi connectivity index (χ1n) is 6.93. The average Bonchev–Trinajstić information content (AvgIpc) is 2.44. The molecule has 0 amide bonds. The molecule has 0 saturated carbocycles. The number of hydrogen-bond donors (Lipinski definition) is 1. The minimum absolute atomic E-state index is 0.491. The van der Waals surface area contributed by atoms with Gasteiger partial charge >= 0.3 is 0 Å². The summed E-state index contributed by atoms with van der Waals surface area (Å²) < 4.78 is 0. The summed E-state index contributed by atoms with van der Waals surface area (Å²) in [7, 11) is 0. The van der Waals surface area contributed by atoms with Crippen LogP contribution in [0.2, 0.25) is 0 Å². The second-order valence-electron chi connectivity index (χ2n) is 5.66. The van der Waals surface area contributed by atoms with Crippen LogP contribution in [0.5, 0.6) is 0 Å². The lowest BCUT2D eigenvalue weighted by Crippen LogP contribution is -2.44. The van der Waals surface area contributed by atoms with Crippen LogP contribution < -0.4 is 5.32 Å². The van der Waals surface area contributed by atoms with Gasteiger partial charge in [-0.3, -0.25) is 0 Å². The van der Waals surface area contributed by atoms with E-state index in [-0.39, 0.29) is 0 Å². The molecule has 1 unspecified atom stereocenters. The highest BCUT2D eigenvalue weighted by atomic mass is 15.0. The van der Waals surface area contributed by atoms with Crippen LogP contribution in [-0.2, 0) is 0 Å². The molecule has 1 rings (SSSR count). The zero-order valence-electron chi connectivity index (χ0n) is 10.9. The van der Waals surface area contributed by atoms with E-state index < -0.39 is 0 Å². The maximum Gasteiger partial charge on any atom is 0.0178 e. The van der Waals surface area contributed by atoms with Gasteiger partial charge < -0.3 is 5.32 Å². The van der Waals surface area contributed by atoms with E-state index in [1.54, 1.807) is 0 Å². The van der Waals surface area contributed by atoms with Gasteiger partial charge in [0.1, 0.15) is 0 Å². The summed E-state index contributed by atoms with van der Waals surface area (Å²) in [5.41, 5.74) is 0.491. The van der Waals surface area contributed by atoms with Crippen LogP contribution >= 0.6 is 0 Å². The van der Waals surface area contributed by atoms with Crippen LogP contribution in [0.3, 0.4) is 0 Å². The minimum Gasteiger partial charge on any atom is -0.311 e. The van der Waals surface area contributed by atoms with E-state index in [2.05, 4.69) is 26.1 Å². The first-order valence-corrected chi connectivity index (χ1v) is 6.93. The molecule has 0 aromatic carbocycles. The Morgan fingerprint density at radius 2 is 2.00 bits per heavy atom. The Morgan fingerprint density at radius 1 is 1.20 bits per heavy atom. The molecule has 0 aromatic heterocycles. The molecule has 1 saturated heterocycles. The van der Waals surface area contributed by atoms with Gasteiger partial charge in [0.15, 0.2) is 0 Å². The van der Waals surface area contributed by atoms with Crippen LogP contribution in [-0.4, -0.2) is 12.1 Å². The van der Waals surface area contributed by atoms with E-state index >= 15 is 0 Å². The number of nitrogens with one attached hydrogen (secondary N) is 1. The maximum absolute atomic E-state index is 3.82. The lowest BCUT2D eigenvalue weighted by molar-refractivity contribution is 0.269. The summed E-state index contributed by atoms with van der Waals surface area (Å²) in [4.78, 5) is 0. The molecule has 1 nitrogen and oxygen atoms in total. The normalized spacial score (nSPS) is 28.0. The van der Waals surface area contributed by atoms with Crippen LogP contribution in [0.4, 0.5) is 0 Å². The molecule has 0 spiro atoms. The molecule has 1 aliphatic rings. The minimum atomic E-state index is 0.491. The highest BCUT2D eigenvalue weighted by molar-refractivity contribution is 4.88. The highest BCUT2D eigenvalue weighted by Crippen LogP contribution is 2.28. The lowest BCUT2D eigenvalue weighted by atomic mass is 9.84. The monoisotopic (exact) mass is 211 g/mol. The van der Waals surface area contributed by atoms with Crippen molar-refractivity contribution >= 4 is 0 Å². The maximum atomic E-state index is 3.82. The third kappa shape index (κ3) is 4.55. The fourth-order valence-electron chi connectivity index (χ4n) is 2.75. The Morgan fingerprint density at radius 3 is 2.67 bits per heavy atom. The molecule has 1 N–H and O–H groups in total. The molecule has 0 aliphatic carbocycles. The molecule has 15 heavy (non-hydrogen) atoms. The summed E-state index contributed by atoms with van der Waals surface area (Å²) in [6.07, 6.45) is 11.1. The van der Waals surface area contributed by atoms with Crippen LogP contribution in [0.25, 0.3) is 0 Å². The second kappa shape index (κ2) is 6.52. The smallest absolute Gasteiger partial charge is 0.0178 e. The molecule has 1 atom stereocenters. The van der Waals surface area contributed by atoms with Crippen molar-refractivity contribution in [2.45, 2.75) is 77.7 Å². The Hall–Kier alpha value is -0.0400. The van der Waals surface area contributed by atoms with Crippen molar-refractivity contribution in [3.8, 4) is 0 Å². The topological polar surface area (TPSA) is 12.0 Å². The molecule has 0 radical (unpaired) electrons. The van der Waals surface area contributed by atoms with E-state index in [1.807, 2.05) is 0 Å². The van der Waals surface area contributed by atoms with Crippen molar-refractivity contribution in [1.82, 2.24) is 5.32 Å². The fourth-order valence-corrected chi connectivity index (χ4v) is 2.75. The molecule has 1 aliphatic heterocycles. The van der Waals surface area contributed by atoms with Gasteiger partial charge in [0, 0.05) is 5.54 Å². The van der Waals surface area contributed by atoms with Crippen LogP contribution in [0.15, 0.2) is 0 Å². The zero-order chi connectivity index (χ0) is 11.1. The summed E-state index contributed by atoms with van der Waals surface area (Å²) in [5, 5.41) is 3.82. The van der Waals surface area contributed by atoms with Crippen molar-refractivity contribution in [2.75, 3.05) is 6.54 Å². The molecule has 1 heteroatoms. The van der Waals surface area contributed by atoms with Gasteiger partial charge in [-0.25, -0.2) is 0 Å². The van der Waals surface area contributed by atoms with E-state index in [9.17, 15) is 0 Å². The van der Waals surface area contributed by atoms with Gasteiger partial charge in [-0.15, -0.1) is 0 Å². The van der Waals surface area contributed by atoms with Gasteiger partial charge in [0.2, 0.25) is 0 Å². The Bertz CT molecular complexity index is 155. The quantitative estimate of drug-likeness (QED) is 0.721. The third-order valence-corrected chi connectivity index (χ3v) is 3.95. The van der Waals surface area contributed by atoms with Gasteiger partial charge in [-0.1, -0.05) is 46.5 Å². The van der Waals surface area contributed by atoms with Crippen molar-refractivity contribution in [2.24, 2.45) is 5.92 Å². The fraction of sp³-hybridized carbons (Fsp3) is 1.00. The number of rotatable bonds is 5. The molecule has 0 aromatic rings. The Balaban J connectivity index is 2.36. The predicted molar refractivity (Wildman–Crippen MR) is 68.2 cm³/mol. The summed E-state index contributed by atoms with van der Waals surface area (Å²) in [6.45, 7) is 8.27. The van der Waals surface area contributed by atoms with Crippen molar-refractivity contribution in [1.29, 1.82) is 0 Å². The third-order valence-electron chi connectivity index (χ3n) is 3.95. The molecular weight excluding hydrogens is 182 g/mol. The molecule has 1 heterocycles. The largest absolute Gasteiger partial charge is 0.311 e. The summed E-state index contributed by atoms with van der Waals surface area (Å²) in [6, 6.07) is 0. The van der Waals surface area contributed by atoms with Crippen LogP contribution in [0, 0.1) is 5.92 Å². The van der Waals surface area contributed by atoms with Crippen molar-refractivity contribution in [3.05, 3.63) is 0 Å². The zero-order valence-corrected chi connectivity index (χ0v) is 10.9. The SMILES string of the molecule is CCC1(CCCC(C)C)CCCCCN1. The first-order chi connectivity index (χ1) is 7.18.